The smallest absolute Gasteiger partial charge is 0.245 e. The number of hydrogen-bond donors (Lipinski definition) is 1. The summed E-state index contributed by atoms with van der Waals surface area (Å²) in [5, 5.41) is 5.30. The molecular weight excluding hydrogens is 306 g/mol. The zero-order valence-corrected chi connectivity index (χ0v) is 13.4. The quantitative estimate of drug-likeness (QED) is 0.751. The Hall–Kier alpha value is -2.66. The summed E-state index contributed by atoms with van der Waals surface area (Å²) in [6.45, 7) is 0.953. The molecule has 0 fully saturated rings. The van der Waals surface area contributed by atoms with Crippen LogP contribution in [0.5, 0.6) is 0 Å². The van der Waals surface area contributed by atoms with Gasteiger partial charge in [-0.05, 0) is 17.7 Å². The maximum Gasteiger partial charge on any atom is 0.245 e. The lowest BCUT2D eigenvalue weighted by Gasteiger charge is -2.24. The first-order valence-electron chi connectivity index (χ1n) is 7.34. The number of hydrogen-bond acceptors (Lipinski definition) is 4. The van der Waals surface area contributed by atoms with Gasteiger partial charge in [-0.1, -0.05) is 48.5 Å². The highest BCUT2D eigenvalue weighted by atomic mass is 32.1. The number of amides is 1. The molecule has 0 unspecified atom stereocenters. The monoisotopic (exact) mass is 323 g/mol. The van der Waals surface area contributed by atoms with Gasteiger partial charge in [0.1, 0.15) is 0 Å². The fourth-order valence-electron chi connectivity index (χ4n) is 2.30. The topological polar surface area (TPSA) is 45.2 Å². The Morgan fingerprint density at radius 3 is 2.39 bits per heavy atom. The highest BCUT2D eigenvalue weighted by Crippen LogP contribution is 2.17. The minimum absolute atomic E-state index is 0.0697. The Labute approximate surface area is 139 Å². The number of benzene rings is 2. The van der Waals surface area contributed by atoms with Gasteiger partial charge in [-0.15, -0.1) is 11.3 Å². The van der Waals surface area contributed by atoms with Crippen LogP contribution >= 0.6 is 11.3 Å². The van der Waals surface area contributed by atoms with Crippen molar-refractivity contribution in [1.82, 2.24) is 4.98 Å². The lowest BCUT2D eigenvalue weighted by molar-refractivity contribution is -0.115. The first-order chi connectivity index (χ1) is 11.3. The molecule has 0 bridgehead atoms. The fraction of sp³-hybridized carbons (Fsp3) is 0.111. The largest absolute Gasteiger partial charge is 0.358 e. The van der Waals surface area contributed by atoms with Crippen molar-refractivity contribution < 1.29 is 4.79 Å². The first kappa shape index (κ1) is 15.2. The van der Waals surface area contributed by atoms with Crippen molar-refractivity contribution in [2.45, 2.75) is 6.54 Å². The molecule has 0 radical (unpaired) electrons. The van der Waals surface area contributed by atoms with Crippen molar-refractivity contribution >= 4 is 28.1 Å². The molecular formula is C18H17N3OS. The van der Waals surface area contributed by atoms with E-state index in [1.54, 1.807) is 6.20 Å². The van der Waals surface area contributed by atoms with E-state index < -0.39 is 0 Å². The Kier molecular flexibility index (Phi) is 5.01. The standard InChI is InChI=1S/C18H17N3OS/c22-17(20-18-19-11-12-23-18)14-21(16-9-5-2-6-10-16)13-15-7-3-1-4-8-15/h1-12H,13-14H2,(H,19,20,22). The number of carbonyl (C=O) groups excluding carboxylic acids is 1. The number of nitrogens with zero attached hydrogens (tertiary/aromatic N) is 2. The number of carbonyl (C=O) groups is 1. The third-order valence-electron chi connectivity index (χ3n) is 3.35. The van der Waals surface area contributed by atoms with Crippen LogP contribution in [0.4, 0.5) is 10.8 Å². The third kappa shape index (κ3) is 4.40. The van der Waals surface area contributed by atoms with Crippen molar-refractivity contribution in [2.24, 2.45) is 0 Å². The van der Waals surface area contributed by atoms with E-state index in [9.17, 15) is 4.79 Å². The van der Waals surface area contributed by atoms with E-state index in [-0.39, 0.29) is 12.5 Å². The SMILES string of the molecule is O=C(CN(Cc1ccccc1)c1ccccc1)Nc1nccs1. The molecule has 0 aliphatic carbocycles. The number of aromatic nitrogens is 1. The average Bonchev–Trinajstić information content (AvgIpc) is 3.09. The normalized spacial score (nSPS) is 10.3. The zero-order valence-electron chi connectivity index (χ0n) is 12.6. The fourth-order valence-corrected chi connectivity index (χ4v) is 2.84. The van der Waals surface area contributed by atoms with Gasteiger partial charge < -0.3 is 10.2 Å². The number of thiazole rings is 1. The molecule has 0 saturated carbocycles. The summed E-state index contributed by atoms with van der Waals surface area (Å²) in [7, 11) is 0. The molecule has 3 aromatic rings. The second-order valence-corrected chi connectivity index (χ2v) is 5.96. The van der Waals surface area contributed by atoms with Crippen LogP contribution in [-0.4, -0.2) is 17.4 Å². The molecule has 0 saturated heterocycles. The minimum Gasteiger partial charge on any atom is -0.358 e. The molecule has 1 N–H and O–H groups in total. The van der Waals surface area contributed by atoms with Crippen molar-refractivity contribution in [3.63, 3.8) is 0 Å². The van der Waals surface area contributed by atoms with Gasteiger partial charge in [-0.3, -0.25) is 4.79 Å². The minimum atomic E-state index is -0.0697. The van der Waals surface area contributed by atoms with E-state index in [0.29, 0.717) is 11.7 Å². The van der Waals surface area contributed by atoms with Crippen molar-refractivity contribution in [1.29, 1.82) is 0 Å². The summed E-state index contributed by atoms with van der Waals surface area (Å²) < 4.78 is 0. The van der Waals surface area contributed by atoms with Crippen LogP contribution in [-0.2, 0) is 11.3 Å². The number of rotatable bonds is 6. The molecule has 1 aromatic heterocycles. The predicted octanol–water partition coefficient (Wildman–Crippen LogP) is 3.79. The van der Waals surface area contributed by atoms with Crippen molar-refractivity contribution in [3.05, 3.63) is 77.8 Å². The van der Waals surface area contributed by atoms with E-state index in [1.807, 2.05) is 53.9 Å². The lowest BCUT2D eigenvalue weighted by Crippen LogP contribution is -2.32. The summed E-state index contributed by atoms with van der Waals surface area (Å²) >= 11 is 1.42. The van der Waals surface area contributed by atoms with Crippen molar-refractivity contribution in [2.75, 3.05) is 16.8 Å². The molecule has 1 heterocycles. The number of para-hydroxylation sites is 1. The summed E-state index contributed by atoms with van der Waals surface area (Å²) in [6, 6.07) is 20.1. The number of anilines is 2. The molecule has 0 aliphatic heterocycles. The number of nitrogens with one attached hydrogen (secondary N) is 1. The Morgan fingerprint density at radius 1 is 1.04 bits per heavy atom. The van der Waals surface area contributed by atoms with Crippen LogP contribution in [0.2, 0.25) is 0 Å². The van der Waals surface area contributed by atoms with Gasteiger partial charge >= 0.3 is 0 Å². The van der Waals surface area contributed by atoms with E-state index in [4.69, 9.17) is 0 Å². The second kappa shape index (κ2) is 7.56. The molecule has 116 valence electrons. The van der Waals surface area contributed by atoms with E-state index >= 15 is 0 Å². The van der Waals surface area contributed by atoms with Crippen LogP contribution < -0.4 is 10.2 Å². The Bertz CT molecular complexity index is 729. The summed E-state index contributed by atoms with van der Waals surface area (Å²) in [5.41, 5.74) is 2.18. The molecule has 2 aromatic carbocycles. The van der Waals surface area contributed by atoms with Gasteiger partial charge in [0.2, 0.25) is 5.91 Å². The van der Waals surface area contributed by atoms with Gasteiger partial charge in [0.15, 0.2) is 5.13 Å². The molecule has 0 aliphatic rings. The zero-order chi connectivity index (χ0) is 15.9. The van der Waals surface area contributed by atoms with E-state index in [1.165, 1.54) is 16.9 Å². The van der Waals surface area contributed by atoms with Gasteiger partial charge in [0, 0.05) is 23.8 Å². The third-order valence-corrected chi connectivity index (χ3v) is 4.04. The lowest BCUT2D eigenvalue weighted by atomic mass is 10.2. The Balaban J connectivity index is 1.73. The second-order valence-electron chi connectivity index (χ2n) is 5.06. The molecule has 4 nitrogen and oxygen atoms in total. The van der Waals surface area contributed by atoms with Gasteiger partial charge in [0.25, 0.3) is 0 Å². The predicted molar refractivity (Wildman–Crippen MR) is 94.7 cm³/mol. The van der Waals surface area contributed by atoms with Gasteiger partial charge in [-0.2, -0.15) is 0 Å². The molecule has 5 heteroatoms. The van der Waals surface area contributed by atoms with Crippen LogP contribution in [0.15, 0.2) is 72.2 Å². The maximum absolute atomic E-state index is 12.3. The van der Waals surface area contributed by atoms with Crippen LogP contribution in [0.1, 0.15) is 5.56 Å². The molecule has 0 atom stereocenters. The summed E-state index contributed by atoms with van der Waals surface area (Å²) in [4.78, 5) is 18.4. The summed E-state index contributed by atoms with van der Waals surface area (Å²) in [5.74, 6) is -0.0697. The molecule has 3 rings (SSSR count). The summed E-state index contributed by atoms with van der Waals surface area (Å²) in [6.07, 6.45) is 1.68. The first-order valence-corrected chi connectivity index (χ1v) is 8.22. The highest BCUT2D eigenvalue weighted by molar-refractivity contribution is 7.13. The maximum atomic E-state index is 12.3. The molecule has 0 spiro atoms. The molecule has 1 amide bonds. The highest BCUT2D eigenvalue weighted by Gasteiger charge is 2.13. The molecule has 23 heavy (non-hydrogen) atoms. The van der Waals surface area contributed by atoms with Crippen LogP contribution in [0.3, 0.4) is 0 Å². The van der Waals surface area contributed by atoms with E-state index in [2.05, 4.69) is 27.3 Å². The van der Waals surface area contributed by atoms with Crippen molar-refractivity contribution in [3.8, 4) is 0 Å². The van der Waals surface area contributed by atoms with E-state index in [0.717, 1.165) is 5.69 Å². The van der Waals surface area contributed by atoms with Gasteiger partial charge in [0.05, 0.1) is 6.54 Å². The Morgan fingerprint density at radius 2 is 1.74 bits per heavy atom. The average molecular weight is 323 g/mol. The van der Waals surface area contributed by atoms with Crippen LogP contribution in [0, 0.1) is 0 Å². The van der Waals surface area contributed by atoms with Crippen LogP contribution in [0.25, 0.3) is 0 Å². The van der Waals surface area contributed by atoms with Gasteiger partial charge in [-0.25, -0.2) is 4.98 Å².